The summed E-state index contributed by atoms with van der Waals surface area (Å²) in [6.07, 6.45) is 16.8. The second-order valence-corrected chi connectivity index (χ2v) is 17.1. The fourth-order valence-electron chi connectivity index (χ4n) is 9.62. The van der Waals surface area contributed by atoms with Crippen molar-refractivity contribution in [1.29, 1.82) is 0 Å². The van der Waals surface area contributed by atoms with E-state index in [0.717, 1.165) is 89.9 Å². The van der Waals surface area contributed by atoms with Crippen LogP contribution in [0.3, 0.4) is 0 Å². The predicted molar refractivity (Wildman–Crippen MR) is 248 cm³/mol. The molecule has 4 aromatic carbocycles. The Kier molecular flexibility index (Phi) is 9.18. The van der Waals surface area contributed by atoms with E-state index >= 15 is 0 Å². The van der Waals surface area contributed by atoms with Gasteiger partial charge in [0, 0.05) is 44.6 Å². The third-order valence-electron chi connectivity index (χ3n) is 12.8. The fraction of sp³-hybridized carbons (Fsp3) is 0.133. The molecule has 8 bridgehead atoms. The zero-order valence-electron chi connectivity index (χ0n) is 35.3. The predicted octanol–water partition coefficient (Wildman–Crippen LogP) is 14.4. The fourth-order valence-corrected chi connectivity index (χ4v) is 9.62. The maximum atomic E-state index is 7.35. The van der Waals surface area contributed by atoms with Gasteiger partial charge in [0.1, 0.15) is 23.0 Å². The second kappa shape index (κ2) is 15.2. The van der Waals surface area contributed by atoms with Gasteiger partial charge in [-0.2, -0.15) is 0 Å². The number of fused-ring (bicyclic) bond motifs is 10. The maximum absolute atomic E-state index is 7.35. The van der Waals surface area contributed by atoms with Gasteiger partial charge in [0.25, 0.3) is 0 Å². The Hall–Kier alpha value is -7.52. The van der Waals surface area contributed by atoms with Crippen LogP contribution in [0.5, 0.6) is 0 Å². The van der Waals surface area contributed by atoms with Crippen LogP contribution in [0.1, 0.15) is 91.2 Å². The van der Waals surface area contributed by atoms with Crippen LogP contribution in [0.2, 0.25) is 0 Å². The summed E-state index contributed by atoms with van der Waals surface area (Å²) in [6.45, 7) is 8.54. The third-order valence-corrected chi connectivity index (χ3v) is 12.8. The van der Waals surface area contributed by atoms with Gasteiger partial charge in [-0.25, -0.2) is 0 Å². The Balaban J connectivity index is 1.26. The molecule has 0 unspecified atom stereocenters. The summed E-state index contributed by atoms with van der Waals surface area (Å²) in [5.41, 5.74) is 33.2. The van der Waals surface area contributed by atoms with Gasteiger partial charge in [0.15, 0.2) is 0 Å². The van der Waals surface area contributed by atoms with Gasteiger partial charge in [0.2, 0.25) is 0 Å². The molecular weight excluding hydrogens is 753 g/mol. The molecule has 4 atom stereocenters. The number of allylic oxidation sites excluding steroid dienone is 12. The summed E-state index contributed by atoms with van der Waals surface area (Å²) in [5, 5.41) is 0. The zero-order valence-corrected chi connectivity index (χ0v) is 35.3. The maximum Gasteiger partial charge on any atom is 0.116 e. The zero-order chi connectivity index (χ0) is 41.9. The van der Waals surface area contributed by atoms with E-state index in [4.69, 9.17) is 8.83 Å². The molecule has 2 nitrogen and oxygen atoms in total. The molecule has 296 valence electrons. The molecule has 0 N–H and O–H groups in total. The van der Waals surface area contributed by atoms with Crippen molar-refractivity contribution in [3.63, 3.8) is 0 Å². The molecule has 2 aromatic heterocycles. The molecule has 4 aliphatic carbocycles. The summed E-state index contributed by atoms with van der Waals surface area (Å²) < 4.78 is 14.7. The van der Waals surface area contributed by atoms with Gasteiger partial charge in [-0.05, 0) is 86.4 Å². The van der Waals surface area contributed by atoms with E-state index in [1.54, 1.807) is 0 Å². The van der Waals surface area contributed by atoms with Crippen molar-refractivity contribution in [1.82, 2.24) is 0 Å². The van der Waals surface area contributed by atoms with E-state index in [1.165, 1.54) is 22.3 Å². The van der Waals surface area contributed by atoms with Crippen LogP contribution in [0.4, 0.5) is 0 Å². The summed E-state index contributed by atoms with van der Waals surface area (Å²) in [6, 6.07) is 44.1. The molecule has 2 heteroatoms. The monoisotopic (exact) mass is 796 g/mol. The SMILES string of the molecule is Cc1ccc([C@H]2C3=C=C(C4=C=CC=CC=C43)[C@@H](c3ccc(C)cc3)c3ccc(o3)[C@H](c3ccc(C)cc3)C3=C=C(C4=CC=CC=C=C34)[C@H](c3ccc(C)cc3)c3ccc2o3)cc1. The molecule has 11 rings (SSSR count). The molecule has 6 aromatic rings. The van der Waals surface area contributed by atoms with Crippen LogP contribution in [-0.2, 0) is 0 Å². The van der Waals surface area contributed by atoms with Crippen LogP contribution < -0.4 is 0 Å². The van der Waals surface area contributed by atoms with E-state index in [-0.39, 0.29) is 23.7 Å². The van der Waals surface area contributed by atoms with Crippen LogP contribution in [0.25, 0.3) is 0 Å². The molecule has 1 aliphatic heterocycles. The Bertz CT molecular complexity index is 3000. The highest BCUT2D eigenvalue weighted by atomic mass is 16.3. The van der Waals surface area contributed by atoms with E-state index in [1.807, 2.05) is 12.2 Å². The molecule has 0 saturated heterocycles. The number of furan rings is 2. The number of aryl methyl sites for hydroxylation is 4. The lowest BCUT2D eigenvalue weighted by atomic mass is 9.82. The van der Waals surface area contributed by atoms with E-state index in [0.29, 0.717) is 0 Å². The number of hydrogen-bond donors (Lipinski definition) is 0. The van der Waals surface area contributed by atoms with Gasteiger partial charge in [0.05, 0.1) is 23.7 Å². The van der Waals surface area contributed by atoms with Crippen LogP contribution in [0.15, 0.2) is 246 Å². The minimum absolute atomic E-state index is 0.262. The van der Waals surface area contributed by atoms with E-state index < -0.39 is 0 Å². The lowest BCUT2D eigenvalue weighted by Gasteiger charge is -2.22. The standard InChI is InChI=1S/C60H44O2/c1-37-15-23-41(24-16-37)57-49-35-50(46-12-8-5-7-11-45(46)49)58(42-25-17-38(2)18-26-42)55-33-34-56(62-55)60(44-29-21-40(4)22-30-44)52-36-51(47-13-9-6-10-14-48(47)52)59(54-32-31-53(57)61-54)43-27-19-39(3)20-28-43/h5-11,13,15-34,57-60H,1-4H3/t57-,58+,59-,60+/m0/s1. The molecule has 5 aliphatic rings. The first-order valence-electron chi connectivity index (χ1n) is 21.5. The Morgan fingerprint density at radius 2 is 0.629 bits per heavy atom. The van der Waals surface area contributed by atoms with Gasteiger partial charge >= 0.3 is 0 Å². The first-order valence-corrected chi connectivity index (χ1v) is 21.5. The minimum Gasteiger partial charge on any atom is -0.464 e. The molecule has 0 amide bonds. The van der Waals surface area contributed by atoms with E-state index in [2.05, 4.69) is 208 Å². The number of benzene rings is 4. The highest BCUT2D eigenvalue weighted by Gasteiger charge is 2.40. The third kappa shape index (κ3) is 6.48. The summed E-state index contributed by atoms with van der Waals surface area (Å²) in [4.78, 5) is 0. The lowest BCUT2D eigenvalue weighted by molar-refractivity contribution is 0.454. The van der Waals surface area contributed by atoms with Gasteiger partial charge in [-0.3, -0.25) is 0 Å². The van der Waals surface area contributed by atoms with Crippen molar-refractivity contribution in [2.45, 2.75) is 51.4 Å². The van der Waals surface area contributed by atoms with Crippen molar-refractivity contribution in [2.75, 3.05) is 0 Å². The second-order valence-electron chi connectivity index (χ2n) is 17.1. The first-order chi connectivity index (χ1) is 30.4. The average Bonchev–Trinajstić information content (AvgIpc) is 4.02. The first kappa shape index (κ1) is 37.5. The minimum atomic E-state index is -0.275. The quantitative estimate of drug-likeness (QED) is 0.166. The van der Waals surface area contributed by atoms with Gasteiger partial charge < -0.3 is 8.83 Å². The summed E-state index contributed by atoms with van der Waals surface area (Å²) in [7, 11) is 0. The molecule has 0 radical (unpaired) electrons. The number of hydrogen-bond acceptors (Lipinski definition) is 2. The van der Waals surface area contributed by atoms with E-state index in [9.17, 15) is 0 Å². The summed E-state index contributed by atoms with van der Waals surface area (Å²) in [5.74, 6) is 2.32. The molecule has 62 heavy (non-hydrogen) atoms. The van der Waals surface area contributed by atoms with Gasteiger partial charge in [-0.15, -0.1) is 22.9 Å². The Labute approximate surface area is 363 Å². The van der Waals surface area contributed by atoms with Crippen LogP contribution in [-0.4, -0.2) is 0 Å². The molecule has 0 fully saturated rings. The highest BCUT2D eigenvalue weighted by Crippen LogP contribution is 2.53. The molecule has 3 heterocycles. The van der Waals surface area contributed by atoms with Crippen molar-refractivity contribution in [2.24, 2.45) is 0 Å². The normalized spacial score (nSPS) is 20.7. The average molecular weight is 797 g/mol. The van der Waals surface area contributed by atoms with Gasteiger partial charge in [-0.1, -0.05) is 156 Å². The van der Waals surface area contributed by atoms with Crippen LogP contribution >= 0.6 is 0 Å². The van der Waals surface area contributed by atoms with Crippen molar-refractivity contribution in [3.8, 4) is 0 Å². The number of rotatable bonds is 4. The molecular formula is C60H44O2. The van der Waals surface area contributed by atoms with Crippen molar-refractivity contribution in [3.05, 3.63) is 305 Å². The largest absolute Gasteiger partial charge is 0.464 e. The Morgan fingerprint density at radius 3 is 0.935 bits per heavy atom. The lowest BCUT2D eigenvalue weighted by Crippen LogP contribution is -2.08. The van der Waals surface area contributed by atoms with Crippen molar-refractivity contribution >= 4 is 0 Å². The van der Waals surface area contributed by atoms with Crippen LogP contribution in [0, 0.1) is 27.7 Å². The molecule has 0 spiro atoms. The smallest absolute Gasteiger partial charge is 0.116 e. The Morgan fingerprint density at radius 1 is 0.339 bits per heavy atom. The highest BCUT2D eigenvalue weighted by molar-refractivity contribution is 5.72. The summed E-state index contributed by atoms with van der Waals surface area (Å²) >= 11 is 0. The topological polar surface area (TPSA) is 26.3 Å². The molecule has 0 saturated carbocycles. The van der Waals surface area contributed by atoms with Crippen molar-refractivity contribution < 1.29 is 8.83 Å².